The van der Waals surface area contributed by atoms with Gasteiger partial charge in [0.05, 0.1) is 0 Å². The predicted octanol–water partition coefficient (Wildman–Crippen LogP) is 1.55. The van der Waals surface area contributed by atoms with Gasteiger partial charge in [-0.2, -0.15) is 5.10 Å². The molecule has 0 atom stereocenters. The Bertz CT molecular complexity index is 340. The first kappa shape index (κ1) is 9.77. The molecular weight excluding hydrogens is 168 g/mol. The quantitative estimate of drug-likeness (QED) is 0.755. The van der Waals surface area contributed by atoms with Gasteiger partial charge in [0.25, 0.3) is 0 Å². The molecule has 4 heteroatoms. The summed E-state index contributed by atoms with van der Waals surface area (Å²) in [5.41, 5.74) is 1.91. The van der Waals surface area contributed by atoms with Crippen LogP contribution in [0.2, 0.25) is 0 Å². The van der Waals surface area contributed by atoms with Crippen molar-refractivity contribution < 1.29 is 9.90 Å². The molecule has 1 aromatic heterocycles. The average Bonchev–Trinajstić information content (AvgIpc) is 2.26. The molecule has 1 heterocycles. The summed E-state index contributed by atoms with van der Waals surface area (Å²) >= 11 is 0. The summed E-state index contributed by atoms with van der Waals surface area (Å²) in [5.74, 6) is -0.661. The van der Waals surface area contributed by atoms with Crippen LogP contribution in [0.15, 0.2) is 0 Å². The molecule has 0 radical (unpaired) electrons. The normalized spacial score (nSPS) is 10.8. The third-order valence-corrected chi connectivity index (χ3v) is 2.09. The highest BCUT2D eigenvalue weighted by atomic mass is 16.4. The van der Waals surface area contributed by atoms with E-state index in [2.05, 4.69) is 5.10 Å². The van der Waals surface area contributed by atoms with E-state index in [0.717, 1.165) is 11.3 Å². The van der Waals surface area contributed by atoms with Gasteiger partial charge in [0.2, 0.25) is 0 Å². The second-order valence-corrected chi connectivity index (χ2v) is 3.44. The number of carboxylic acids is 1. The first-order valence-corrected chi connectivity index (χ1v) is 4.22. The SMILES string of the molecule is Cc1c(C(=O)O)nn(C)c1C(C)C. The van der Waals surface area contributed by atoms with Crippen LogP contribution >= 0.6 is 0 Å². The fraction of sp³-hybridized carbons (Fsp3) is 0.556. The number of aryl methyl sites for hydroxylation is 1. The van der Waals surface area contributed by atoms with Crippen molar-refractivity contribution in [1.29, 1.82) is 0 Å². The van der Waals surface area contributed by atoms with E-state index in [9.17, 15) is 4.79 Å². The Hall–Kier alpha value is -1.32. The minimum absolute atomic E-state index is 0.159. The van der Waals surface area contributed by atoms with Crippen molar-refractivity contribution in [3.63, 3.8) is 0 Å². The van der Waals surface area contributed by atoms with Crippen molar-refractivity contribution in [3.05, 3.63) is 17.0 Å². The summed E-state index contributed by atoms with van der Waals surface area (Å²) in [7, 11) is 1.77. The van der Waals surface area contributed by atoms with Crippen molar-refractivity contribution in [3.8, 4) is 0 Å². The third-order valence-electron chi connectivity index (χ3n) is 2.09. The number of rotatable bonds is 2. The first-order valence-electron chi connectivity index (χ1n) is 4.22. The fourth-order valence-corrected chi connectivity index (χ4v) is 1.65. The van der Waals surface area contributed by atoms with Crippen LogP contribution < -0.4 is 0 Å². The molecule has 0 fully saturated rings. The average molecular weight is 182 g/mol. The molecular formula is C9H14N2O2. The zero-order valence-corrected chi connectivity index (χ0v) is 8.33. The Balaban J connectivity index is 3.30. The molecule has 0 saturated carbocycles. The molecule has 0 aromatic carbocycles. The van der Waals surface area contributed by atoms with Crippen LogP contribution in [0.25, 0.3) is 0 Å². The fourth-order valence-electron chi connectivity index (χ4n) is 1.65. The van der Waals surface area contributed by atoms with E-state index in [0.29, 0.717) is 5.92 Å². The maximum Gasteiger partial charge on any atom is 0.356 e. The van der Waals surface area contributed by atoms with Crippen LogP contribution in [0, 0.1) is 6.92 Å². The van der Waals surface area contributed by atoms with Gasteiger partial charge in [-0.1, -0.05) is 13.8 Å². The molecule has 1 N–H and O–H groups in total. The van der Waals surface area contributed by atoms with Crippen LogP contribution in [-0.2, 0) is 7.05 Å². The molecule has 0 amide bonds. The minimum atomic E-state index is -0.958. The lowest BCUT2D eigenvalue weighted by atomic mass is 10.1. The largest absolute Gasteiger partial charge is 0.476 e. The van der Waals surface area contributed by atoms with Crippen LogP contribution in [0.3, 0.4) is 0 Å². The maximum atomic E-state index is 10.7. The topological polar surface area (TPSA) is 55.1 Å². The van der Waals surface area contributed by atoms with E-state index < -0.39 is 5.97 Å². The molecule has 1 rings (SSSR count). The van der Waals surface area contributed by atoms with Gasteiger partial charge in [0.15, 0.2) is 5.69 Å². The summed E-state index contributed by atoms with van der Waals surface area (Å²) in [6.07, 6.45) is 0. The van der Waals surface area contributed by atoms with Crippen LogP contribution in [0.4, 0.5) is 0 Å². The zero-order valence-electron chi connectivity index (χ0n) is 8.33. The number of hydrogen-bond donors (Lipinski definition) is 1. The monoisotopic (exact) mass is 182 g/mol. The molecule has 0 aliphatic heterocycles. The standard InChI is InChI=1S/C9H14N2O2/c1-5(2)8-6(3)7(9(12)13)10-11(8)4/h5H,1-4H3,(H,12,13). The molecule has 0 aliphatic rings. The smallest absolute Gasteiger partial charge is 0.356 e. The highest BCUT2D eigenvalue weighted by molar-refractivity contribution is 5.87. The number of carboxylic acid groups (broad SMARTS) is 1. The Morgan fingerprint density at radius 2 is 2.08 bits per heavy atom. The van der Waals surface area contributed by atoms with Crippen LogP contribution in [0.5, 0.6) is 0 Å². The van der Waals surface area contributed by atoms with E-state index >= 15 is 0 Å². The number of aromatic nitrogens is 2. The molecule has 0 unspecified atom stereocenters. The van der Waals surface area contributed by atoms with Gasteiger partial charge >= 0.3 is 5.97 Å². The minimum Gasteiger partial charge on any atom is -0.476 e. The highest BCUT2D eigenvalue weighted by Gasteiger charge is 2.18. The van der Waals surface area contributed by atoms with Crippen LogP contribution in [-0.4, -0.2) is 20.9 Å². The molecule has 0 saturated heterocycles. The summed E-state index contributed by atoms with van der Waals surface area (Å²) in [5, 5.41) is 12.8. The van der Waals surface area contributed by atoms with Gasteiger partial charge in [0, 0.05) is 18.3 Å². The lowest BCUT2D eigenvalue weighted by Crippen LogP contribution is -2.01. The summed E-state index contributed by atoms with van der Waals surface area (Å²) in [6, 6.07) is 0. The zero-order chi connectivity index (χ0) is 10.2. The second-order valence-electron chi connectivity index (χ2n) is 3.44. The third kappa shape index (κ3) is 1.56. The Morgan fingerprint density at radius 1 is 1.54 bits per heavy atom. The van der Waals surface area contributed by atoms with Gasteiger partial charge in [-0.05, 0) is 12.8 Å². The number of hydrogen-bond acceptors (Lipinski definition) is 2. The number of aromatic carboxylic acids is 1. The van der Waals surface area contributed by atoms with Gasteiger partial charge in [-0.3, -0.25) is 4.68 Å². The van der Waals surface area contributed by atoms with Gasteiger partial charge < -0.3 is 5.11 Å². The predicted molar refractivity (Wildman–Crippen MR) is 49.0 cm³/mol. The molecule has 1 aromatic rings. The van der Waals surface area contributed by atoms with E-state index in [-0.39, 0.29) is 5.69 Å². The molecule has 13 heavy (non-hydrogen) atoms. The highest BCUT2D eigenvalue weighted by Crippen LogP contribution is 2.20. The van der Waals surface area contributed by atoms with E-state index in [4.69, 9.17) is 5.11 Å². The maximum absolute atomic E-state index is 10.7. The second kappa shape index (κ2) is 3.20. The molecule has 0 spiro atoms. The van der Waals surface area contributed by atoms with Gasteiger partial charge in [0.1, 0.15) is 0 Å². The lowest BCUT2D eigenvalue weighted by molar-refractivity contribution is 0.0689. The van der Waals surface area contributed by atoms with E-state index in [1.54, 1.807) is 18.7 Å². The van der Waals surface area contributed by atoms with Crippen molar-refractivity contribution >= 4 is 5.97 Å². The van der Waals surface area contributed by atoms with Crippen LogP contribution in [0.1, 0.15) is 41.5 Å². The van der Waals surface area contributed by atoms with E-state index in [1.165, 1.54) is 0 Å². The molecule has 0 bridgehead atoms. The number of carbonyl (C=O) groups is 1. The first-order chi connectivity index (χ1) is 5.95. The van der Waals surface area contributed by atoms with Crippen molar-refractivity contribution in [1.82, 2.24) is 9.78 Å². The summed E-state index contributed by atoms with van der Waals surface area (Å²) < 4.78 is 1.64. The number of nitrogens with zero attached hydrogens (tertiary/aromatic N) is 2. The van der Waals surface area contributed by atoms with Crippen molar-refractivity contribution in [2.45, 2.75) is 26.7 Å². The Labute approximate surface area is 77.2 Å². The van der Waals surface area contributed by atoms with Crippen molar-refractivity contribution in [2.24, 2.45) is 7.05 Å². The Morgan fingerprint density at radius 3 is 2.31 bits per heavy atom. The summed E-state index contributed by atoms with van der Waals surface area (Å²) in [6.45, 7) is 5.84. The van der Waals surface area contributed by atoms with Gasteiger partial charge in [-0.25, -0.2) is 4.79 Å². The molecule has 4 nitrogen and oxygen atoms in total. The molecule has 72 valence electrons. The van der Waals surface area contributed by atoms with Gasteiger partial charge in [-0.15, -0.1) is 0 Å². The van der Waals surface area contributed by atoms with Crippen molar-refractivity contribution in [2.75, 3.05) is 0 Å². The lowest BCUT2D eigenvalue weighted by Gasteiger charge is -2.05. The summed E-state index contributed by atoms with van der Waals surface area (Å²) in [4.78, 5) is 10.7. The Kier molecular flexibility index (Phi) is 2.40. The van der Waals surface area contributed by atoms with E-state index in [1.807, 2.05) is 13.8 Å². The molecule has 0 aliphatic carbocycles.